The summed E-state index contributed by atoms with van der Waals surface area (Å²) < 4.78 is 11.1. The first-order chi connectivity index (χ1) is 12.6. The van der Waals surface area contributed by atoms with Crippen molar-refractivity contribution >= 4 is 5.91 Å². The van der Waals surface area contributed by atoms with Gasteiger partial charge in [-0.15, -0.1) is 0 Å². The van der Waals surface area contributed by atoms with Gasteiger partial charge in [-0.05, 0) is 50.3 Å². The molecule has 1 N–H and O–H groups in total. The van der Waals surface area contributed by atoms with Crippen molar-refractivity contribution in [1.82, 2.24) is 10.2 Å². The van der Waals surface area contributed by atoms with Gasteiger partial charge in [0.15, 0.2) is 6.61 Å². The standard InChI is InChI=1S/C21H28N2O3/c1-4-14-25-18-10-12-19(13-11-18)26-16-21(24)22-15-20(23(2)3)17-8-6-5-7-9-17/h5-13,20H,4,14-16H2,1-3H3,(H,22,24). The number of benzene rings is 2. The summed E-state index contributed by atoms with van der Waals surface area (Å²) in [6, 6.07) is 17.6. The van der Waals surface area contributed by atoms with Gasteiger partial charge < -0.3 is 19.7 Å². The maximum atomic E-state index is 12.1. The zero-order valence-corrected chi connectivity index (χ0v) is 15.8. The van der Waals surface area contributed by atoms with Crippen molar-refractivity contribution in [2.75, 3.05) is 33.9 Å². The Morgan fingerprint density at radius 3 is 2.19 bits per heavy atom. The third kappa shape index (κ3) is 6.41. The molecule has 0 aliphatic carbocycles. The highest BCUT2D eigenvalue weighted by atomic mass is 16.5. The average Bonchev–Trinajstić information content (AvgIpc) is 2.66. The fourth-order valence-electron chi connectivity index (χ4n) is 2.54. The Morgan fingerprint density at radius 2 is 1.62 bits per heavy atom. The second-order valence-corrected chi connectivity index (χ2v) is 6.30. The summed E-state index contributed by atoms with van der Waals surface area (Å²) in [5, 5.41) is 2.94. The topological polar surface area (TPSA) is 50.8 Å². The van der Waals surface area contributed by atoms with E-state index in [0.717, 1.165) is 12.2 Å². The Labute approximate surface area is 155 Å². The fourth-order valence-corrected chi connectivity index (χ4v) is 2.54. The van der Waals surface area contributed by atoms with Gasteiger partial charge in [-0.2, -0.15) is 0 Å². The number of amides is 1. The van der Waals surface area contributed by atoms with E-state index in [0.29, 0.717) is 18.9 Å². The molecule has 0 saturated carbocycles. The SMILES string of the molecule is CCCOc1ccc(OCC(=O)NCC(c2ccccc2)N(C)C)cc1. The van der Waals surface area contributed by atoms with Gasteiger partial charge in [-0.3, -0.25) is 4.79 Å². The molecule has 0 fully saturated rings. The van der Waals surface area contributed by atoms with Crippen molar-refractivity contribution in [3.63, 3.8) is 0 Å². The molecule has 1 amide bonds. The van der Waals surface area contributed by atoms with Gasteiger partial charge in [0.25, 0.3) is 5.91 Å². The Kier molecular flexibility index (Phi) is 7.96. The number of hydrogen-bond acceptors (Lipinski definition) is 4. The van der Waals surface area contributed by atoms with E-state index >= 15 is 0 Å². The van der Waals surface area contributed by atoms with Crippen molar-refractivity contribution in [3.8, 4) is 11.5 Å². The number of ether oxygens (including phenoxy) is 2. The molecular weight excluding hydrogens is 328 g/mol. The predicted molar refractivity (Wildman–Crippen MR) is 104 cm³/mol. The lowest BCUT2D eigenvalue weighted by Gasteiger charge is -2.25. The fraction of sp³-hybridized carbons (Fsp3) is 0.381. The lowest BCUT2D eigenvalue weighted by molar-refractivity contribution is -0.123. The Morgan fingerprint density at radius 1 is 1.00 bits per heavy atom. The molecule has 0 aromatic heterocycles. The number of hydrogen-bond donors (Lipinski definition) is 1. The molecular formula is C21H28N2O3. The van der Waals surface area contributed by atoms with Crippen LogP contribution in [0, 0.1) is 0 Å². The minimum Gasteiger partial charge on any atom is -0.494 e. The summed E-state index contributed by atoms with van der Waals surface area (Å²) in [7, 11) is 4.00. The highest BCUT2D eigenvalue weighted by molar-refractivity contribution is 5.77. The largest absolute Gasteiger partial charge is 0.494 e. The van der Waals surface area contributed by atoms with Crippen LogP contribution in [0.1, 0.15) is 24.9 Å². The van der Waals surface area contributed by atoms with Crippen LogP contribution >= 0.6 is 0 Å². The molecule has 5 nitrogen and oxygen atoms in total. The first-order valence-corrected chi connectivity index (χ1v) is 8.94. The third-order valence-electron chi connectivity index (χ3n) is 3.97. The monoisotopic (exact) mass is 356 g/mol. The van der Waals surface area contributed by atoms with Crippen LogP contribution in [0.25, 0.3) is 0 Å². The number of likely N-dealkylation sites (N-methyl/N-ethyl adjacent to an activating group) is 1. The summed E-state index contributed by atoms with van der Waals surface area (Å²) in [5.41, 5.74) is 1.17. The zero-order valence-electron chi connectivity index (χ0n) is 15.8. The molecule has 0 saturated heterocycles. The molecule has 0 radical (unpaired) electrons. The number of rotatable bonds is 10. The smallest absolute Gasteiger partial charge is 0.258 e. The predicted octanol–water partition coefficient (Wildman–Crippen LogP) is 3.27. The normalized spacial score (nSPS) is 11.8. The van der Waals surface area contributed by atoms with Crippen LogP contribution in [0.4, 0.5) is 0 Å². The summed E-state index contributed by atoms with van der Waals surface area (Å²) in [6.07, 6.45) is 0.968. The molecule has 0 aliphatic heterocycles. The van der Waals surface area contributed by atoms with E-state index in [1.54, 1.807) is 0 Å². The van der Waals surface area contributed by atoms with E-state index < -0.39 is 0 Å². The van der Waals surface area contributed by atoms with Crippen LogP contribution in [-0.4, -0.2) is 44.7 Å². The quantitative estimate of drug-likeness (QED) is 0.710. The molecule has 5 heteroatoms. The lowest BCUT2D eigenvalue weighted by atomic mass is 10.1. The molecule has 0 spiro atoms. The summed E-state index contributed by atoms with van der Waals surface area (Å²) in [6.45, 7) is 3.28. The van der Waals surface area contributed by atoms with Crippen molar-refractivity contribution in [3.05, 3.63) is 60.2 Å². The van der Waals surface area contributed by atoms with Crippen LogP contribution in [0.5, 0.6) is 11.5 Å². The van der Waals surface area contributed by atoms with E-state index in [1.807, 2.05) is 56.6 Å². The number of nitrogens with zero attached hydrogens (tertiary/aromatic N) is 1. The van der Waals surface area contributed by atoms with Gasteiger partial charge in [-0.1, -0.05) is 37.3 Å². The van der Waals surface area contributed by atoms with E-state index in [1.165, 1.54) is 5.56 Å². The molecule has 0 aliphatic rings. The van der Waals surface area contributed by atoms with Crippen LogP contribution in [0.2, 0.25) is 0 Å². The van der Waals surface area contributed by atoms with Crippen LogP contribution in [0.3, 0.4) is 0 Å². The molecule has 2 aromatic carbocycles. The summed E-state index contributed by atoms with van der Waals surface area (Å²) in [4.78, 5) is 14.2. The van der Waals surface area contributed by atoms with E-state index in [9.17, 15) is 4.79 Å². The number of carbonyl (C=O) groups excluding carboxylic acids is 1. The molecule has 26 heavy (non-hydrogen) atoms. The highest BCUT2D eigenvalue weighted by Crippen LogP contribution is 2.18. The van der Waals surface area contributed by atoms with Gasteiger partial charge in [0.2, 0.25) is 0 Å². The zero-order chi connectivity index (χ0) is 18.8. The Bertz CT molecular complexity index is 657. The van der Waals surface area contributed by atoms with Crippen molar-refractivity contribution in [1.29, 1.82) is 0 Å². The molecule has 0 heterocycles. The number of carbonyl (C=O) groups is 1. The van der Waals surface area contributed by atoms with Crippen LogP contribution in [0.15, 0.2) is 54.6 Å². The minimum atomic E-state index is -0.140. The second kappa shape index (κ2) is 10.5. The van der Waals surface area contributed by atoms with Crippen LogP contribution < -0.4 is 14.8 Å². The summed E-state index contributed by atoms with van der Waals surface area (Å²) >= 11 is 0. The average molecular weight is 356 g/mol. The Hall–Kier alpha value is -2.53. The van der Waals surface area contributed by atoms with Gasteiger partial charge in [0.05, 0.1) is 12.6 Å². The molecule has 2 rings (SSSR count). The highest BCUT2D eigenvalue weighted by Gasteiger charge is 2.15. The maximum Gasteiger partial charge on any atom is 0.258 e. The lowest BCUT2D eigenvalue weighted by Crippen LogP contribution is -2.36. The van der Waals surface area contributed by atoms with Crippen molar-refractivity contribution in [2.24, 2.45) is 0 Å². The van der Waals surface area contributed by atoms with Gasteiger partial charge in [-0.25, -0.2) is 0 Å². The Balaban J connectivity index is 1.79. The van der Waals surface area contributed by atoms with E-state index in [2.05, 4.69) is 29.3 Å². The molecule has 0 bridgehead atoms. The van der Waals surface area contributed by atoms with Gasteiger partial charge >= 0.3 is 0 Å². The van der Waals surface area contributed by atoms with Gasteiger partial charge in [0, 0.05) is 6.54 Å². The van der Waals surface area contributed by atoms with E-state index in [4.69, 9.17) is 9.47 Å². The molecule has 1 atom stereocenters. The molecule has 1 unspecified atom stereocenters. The third-order valence-corrected chi connectivity index (χ3v) is 3.97. The summed E-state index contributed by atoms with van der Waals surface area (Å²) in [5.74, 6) is 1.32. The minimum absolute atomic E-state index is 0.00982. The van der Waals surface area contributed by atoms with Crippen LogP contribution in [-0.2, 0) is 4.79 Å². The maximum absolute atomic E-state index is 12.1. The molecule has 2 aromatic rings. The van der Waals surface area contributed by atoms with E-state index in [-0.39, 0.29) is 18.6 Å². The second-order valence-electron chi connectivity index (χ2n) is 6.30. The molecule has 140 valence electrons. The first-order valence-electron chi connectivity index (χ1n) is 8.94. The van der Waals surface area contributed by atoms with Gasteiger partial charge in [0.1, 0.15) is 11.5 Å². The van der Waals surface area contributed by atoms with Crippen molar-refractivity contribution < 1.29 is 14.3 Å². The number of nitrogens with one attached hydrogen (secondary N) is 1. The van der Waals surface area contributed by atoms with Crippen molar-refractivity contribution in [2.45, 2.75) is 19.4 Å². The first kappa shape index (κ1) is 19.8.